The Balaban J connectivity index is 2.02. The smallest absolute Gasteiger partial charge is 0.339 e. The topological polar surface area (TPSA) is 72.0 Å². The quantitative estimate of drug-likeness (QED) is 0.472. The van der Waals surface area contributed by atoms with Gasteiger partial charge >= 0.3 is 6.03 Å². The van der Waals surface area contributed by atoms with Crippen molar-refractivity contribution in [1.29, 1.82) is 0 Å². The summed E-state index contributed by atoms with van der Waals surface area (Å²) in [4.78, 5) is 11.7. The minimum atomic E-state index is -0.463. The molecule has 0 fully saturated rings. The number of hydrogen-bond donors (Lipinski definition) is 2. The van der Waals surface area contributed by atoms with Gasteiger partial charge < -0.3 is 14.8 Å². The van der Waals surface area contributed by atoms with Crippen LogP contribution in [0.5, 0.6) is 11.5 Å². The van der Waals surface area contributed by atoms with E-state index in [0.717, 1.165) is 0 Å². The Kier molecular flexibility index (Phi) is 6.69. The number of hydrogen-bond acceptors (Lipinski definition) is 4. The number of terminal acetylenes is 1. The number of urea groups is 1. The fourth-order valence-electron chi connectivity index (χ4n) is 1.91. The molecule has 0 spiro atoms. The molecule has 2 aromatic carbocycles. The van der Waals surface area contributed by atoms with Crippen molar-refractivity contribution >= 4 is 29.5 Å². The highest BCUT2D eigenvalue weighted by Gasteiger charge is 2.11. The second-order valence-corrected chi connectivity index (χ2v) is 5.12. The Morgan fingerprint density at radius 2 is 2.12 bits per heavy atom. The zero-order chi connectivity index (χ0) is 18.1. The van der Waals surface area contributed by atoms with E-state index in [1.165, 1.54) is 13.3 Å². The average Bonchev–Trinajstić information content (AvgIpc) is 2.61. The number of carbonyl (C=O) groups excluding carboxylic acids is 1. The lowest BCUT2D eigenvalue weighted by Crippen LogP contribution is -2.24. The lowest BCUT2D eigenvalue weighted by Gasteiger charge is -2.11. The van der Waals surface area contributed by atoms with Gasteiger partial charge in [0.15, 0.2) is 11.5 Å². The number of rotatable bonds is 6. The predicted molar refractivity (Wildman–Crippen MR) is 98.5 cm³/mol. The summed E-state index contributed by atoms with van der Waals surface area (Å²) in [6.45, 7) is 0.0741. The third-order valence-corrected chi connectivity index (χ3v) is 3.24. The van der Waals surface area contributed by atoms with Gasteiger partial charge in [-0.25, -0.2) is 10.2 Å². The molecule has 0 saturated carbocycles. The van der Waals surface area contributed by atoms with E-state index in [0.29, 0.717) is 27.8 Å². The number of nitrogens with zero attached hydrogens (tertiary/aromatic N) is 1. The number of para-hydroxylation sites is 1. The van der Waals surface area contributed by atoms with Crippen molar-refractivity contribution in [3.63, 3.8) is 0 Å². The fraction of sp³-hybridized carbons (Fsp3) is 0.111. The highest BCUT2D eigenvalue weighted by molar-refractivity contribution is 6.32. The molecule has 0 heterocycles. The number of benzene rings is 2. The van der Waals surface area contributed by atoms with Crippen LogP contribution in [0.3, 0.4) is 0 Å². The number of hydrazone groups is 1. The molecule has 7 heteroatoms. The number of halogens is 1. The minimum Gasteiger partial charge on any atom is -0.493 e. The van der Waals surface area contributed by atoms with Crippen molar-refractivity contribution in [1.82, 2.24) is 5.43 Å². The summed E-state index contributed by atoms with van der Waals surface area (Å²) < 4.78 is 10.6. The van der Waals surface area contributed by atoms with E-state index < -0.39 is 6.03 Å². The normalized spacial score (nSPS) is 10.1. The maximum atomic E-state index is 11.7. The molecule has 0 atom stereocenters. The molecule has 128 valence electrons. The van der Waals surface area contributed by atoms with Crippen LogP contribution in [0.4, 0.5) is 10.5 Å². The molecule has 6 nitrogen and oxygen atoms in total. The molecular formula is C18H16ClN3O3. The van der Waals surface area contributed by atoms with Crippen molar-refractivity contribution in [2.24, 2.45) is 5.10 Å². The first-order valence-corrected chi connectivity index (χ1v) is 7.60. The van der Waals surface area contributed by atoms with Gasteiger partial charge in [0.1, 0.15) is 6.61 Å². The van der Waals surface area contributed by atoms with Crippen LogP contribution in [0.1, 0.15) is 5.56 Å². The predicted octanol–water partition coefficient (Wildman–Crippen LogP) is 3.52. The monoisotopic (exact) mass is 357 g/mol. The van der Waals surface area contributed by atoms with Crippen molar-refractivity contribution in [3.8, 4) is 23.8 Å². The Hall–Kier alpha value is -3.17. The van der Waals surface area contributed by atoms with Crippen molar-refractivity contribution in [2.75, 3.05) is 19.0 Å². The first kappa shape index (κ1) is 18.2. The maximum absolute atomic E-state index is 11.7. The van der Waals surface area contributed by atoms with E-state index in [2.05, 4.69) is 21.8 Å². The number of methoxy groups -OCH3 is 1. The molecular weight excluding hydrogens is 342 g/mol. The zero-order valence-electron chi connectivity index (χ0n) is 13.5. The molecule has 0 aliphatic carbocycles. The van der Waals surface area contributed by atoms with E-state index in [9.17, 15) is 4.79 Å². The van der Waals surface area contributed by atoms with E-state index >= 15 is 0 Å². The first-order valence-electron chi connectivity index (χ1n) is 7.23. The van der Waals surface area contributed by atoms with Crippen LogP contribution in [0, 0.1) is 12.3 Å². The number of nitrogens with one attached hydrogen (secondary N) is 2. The molecule has 0 saturated heterocycles. The van der Waals surface area contributed by atoms with E-state index in [-0.39, 0.29) is 6.61 Å². The summed E-state index contributed by atoms with van der Waals surface area (Å²) >= 11 is 6.16. The molecule has 0 bridgehead atoms. The van der Waals surface area contributed by atoms with Gasteiger partial charge in [0.05, 0.1) is 18.3 Å². The third-order valence-electron chi connectivity index (χ3n) is 2.96. The molecule has 2 N–H and O–H groups in total. The van der Waals surface area contributed by atoms with Gasteiger partial charge in [0.2, 0.25) is 0 Å². The van der Waals surface area contributed by atoms with Gasteiger partial charge in [0.25, 0.3) is 0 Å². The Labute approximate surface area is 150 Å². The molecule has 0 aliphatic rings. The summed E-state index contributed by atoms with van der Waals surface area (Å²) in [5.74, 6) is 3.13. The standard InChI is InChI=1S/C18H16ClN3O3/c1-3-9-25-17-15(19)10-13(11-16(17)24-2)12-20-22-18(23)21-14-7-5-4-6-8-14/h1,4-8,10-12H,9H2,2H3,(H2,21,22,23)/b20-12-. The van der Waals surface area contributed by atoms with Crippen LogP contribution in [-0.4, -0.2) is 26.0 Å². The molecule has 0 aromatic heterocycles. The highest BCUT2D eigenvalue weighted by atomic mass is 35.5. The Bertz CT molecular complexity index is 801. The van der Waals surface area contributed by atoms with Crippen LogP contribution < -0.4 is 20.2 Å². The molecule has 0 aliphatic heterocycles. The number of ether oxygens (including phenoxy) is 2. The summed E-state index contributed by atoms with van der Waals surface area (Å²) in [5, 5.41) is 6.84. The summed E-state index contributed by atoms with van der Waals surface area (Å²) in [6.07, 6.45) is 6.61. The summed E-state index contributed by atoms with van der Waals surface area (Å²) in [7, 11) is 1.49. The largest absolute Gasteiger partial charge is 0.493 e. The Morgan fingerprint density at radius 3 is 2.80 bits per heavy atom. The van der Waals surface area contributed by atoms with Crippen LogP contribution in [0.15, 0.2) is 47.6 Å². The van der Waals surface area contributed by atoms with E-state index in [1.807, 2.05) is 18.2 Å². The highest BCUT2D eigenvalue weighted by Crippen LogP contribution is 2.35. The molecule has 2 aromatic rings. The molecule has 25 heavy (non-hydrogen) atoms. The molecule has 2 rings (SSSR count). The van der Waals surface area contributed by atoms with E-state index in [4.69, 9.17) is 27.5 Å². The van der Waals surface area contributed by atoms with Crippen LogP contribution in [-0.2, 0) is 0 Å². The number of anilines is 1. The van der Waals surface area contributed by atoms with Gasteiger partial charge in [-0.1, -0.05) is 35.7 Å². The Morgan fingerprint density at radius 1 is 1.36 bits per heavy atom. The van der Waals surface area contributed by atoms with Crippen LogP contribution in [0.25, 0.3) is 0 Å². The third kappa shape index (κ3) is 5.44. The first-order chi connectivity index (χ1) is 12.1. The lowest BCUT2D eigenvalue weighted by atomic mass is 10.2. The van der Waals surface area contributed by atoms with Gasteiger partial charge in [-0.15, -0.1) is 6.42 Å². The second kappa shape index (κ2) is 9.21. The molecule has 0 radical (unpaired) electrons. The second-order valence-electron chi connectivity index (χ2n) is 4.72. The fourth-order valence-corrected chi connectivity index (χ4v) is 2.19. The van der Waals surface area contributed by atoms with Crippen molar-refractivity contribution in [2.45, 2.75) is 0 Å². The van der Waals surface area contributed by atoms with E-state index in [1.54, 1.807) is 24.3 Å². The minimum absolute atomic E-state index is 0.0741. The summed E-state index contributed by atoms with van der Waals surface area (Å²) in [6, 6.07) is 11.8. The van der Waals surface area contributed by atoms with Gasteiger partial charge in [-0.05, 0) is 29.8 Å². The van der Waals surface area contributed by atoms with Gasteiger partial charge in [0, 0.05) is 5.69 Å². The van der Waals surface area contributed by atoms with Crippen molar-refractivity contribution in [3.05, 3.63) is 53.1 Å². The SMILES string of the molecule is C#CCOc1c(Cl)cc(/C=N\NC(=O)Nc2ccccc2)cc1OC. The van der Waals surface area contributed by atoms with Gasteiger partial charge in [-0.2, -0.15) is 5.10 Å². The van der Waals surface area contributed by atoms with Crippen LogP contribution >= 0.6 is 11.6 Å². The lowest BCUT2D eigenvalue weighted by molar-refractivity contribution is 0.252. The maximum Gasteiger partial charge on any atom is 0.339 e. The zero-order valence-corrected chi connectivity index (χ0v) is 14.2. The van der Waals surface area contributed by atoms with Crippen molar-refractivity contribution < 1.29 is 14.3 Å². The number of amides is 2. The molecule has 0 unspecified atom stereocenters. The summed E-state index contributed by atoms with van der Waals surface area (Å²) in [5.41, 5.74) is 3.65. The van der Waals surface area contributed by atoms with Gasteiger partial charge in [-0.3, -0.25) is 0 Å². The average molecular weight is 358 g/mol. The molecule has 2 amide bonds. The number of carbonyl (C=O) groups is 1. The van der Waals surface area contributed by atoms with Crippen LogP contribution in [0.2, 0.25) is 5.02 Å².